The lowest BCUT2D eigenvalue weighted by Crippen LogP contribution is -2.38. The number of aromatic nitrogens is 5. The smallest absolute Gasteiger partial charge is 0.129 e. The highest BCUT2D eigenvalue weighted by molar-refractivity contribution is 5.93. The van der Waals surface area contributed by atoms with Crippen LogP contribution in [0.2, 0.25) is 0 Å². The van der Waals surface area contributed by atoms with Crippen LogP contribution in [-0.4, -0.2) is 49.4 Å². The highest BCUT2D eigenvalue weighted by Gasteiger charge is 2.20. The molecule has 28 heavy (non-hydrogen) atoms. The van der Waals surface area contributed by atoms with Gasteiger partial charge in [0, 0.05) is 36.4 Å². The number of β-amino-alcohol motifs (C(OH)–C–C–N with tert-alkyl or cyclic N) is 1. The molecule has 0 unspecified atom stereocenters. The summed E-state index contributed by atoms with van der Waals surface area (Å²) in [7, 11) is 0. The summed E-state index contributed by atoms with van der Waals surface area (Å²) in [5, 5.41) is 18.5. The van der Waals surface area contributed by atoms with Crippen LogP contribution in [0.3, 0.4) is 0 Å². The van der Waals surface area contributed by atoms with Gasteiger partial charge in [-0.05, 0) is 43.2 Å². The molecule has 0 aliphatic carbocycles. The van der Waals surface area contributed by atoms with Crippen molar-refractivity contribution in [1.29, 1.82) is 0 Å². The average Bonchev–Trinajstić information content (AvgIpc) is 3.18. The third kappa shape index (κ3) is 3.10. The van der Waals surface area contributed by atoms with Crippen LogP contribution in [0.15, 0.2) is 55.0 Å². The van der Waals surface area contributed by atoms with Crippen molar-refractivity contribution >= 4 is 16.7 Å². The number of hydrogen-bond donors (Lipinski definition) is 2. The topological polar surface area (TPSA) is 90.8 Å². The Morgan fingerprint density at radius 2 is 2.07 bits per heavy atom. The van der Waals surface area contributed by atoms with Gasteiger partial charge in [-0.15, -0.1) is 0 Å². The molecule has 0 radical (unpaired) electrons. The summed E-state index contributed by atoms with van der Waals surface area (Å²) >= 11 is 0. The third-order valence-electron chi connectivity index (χ3n) is 5.10. The van der Waals surface area contributed by atoms with Gasteiger partial charge in [-0.2, -0.15) is 5.10 Å². The van der Waals surface area contributed by atoms with Gasteiger partial charge < -0.3 is 10.0 Å². The Bertz CT molecular complexity index is 1110. The van der Waals surface area contributed by atoms with Crippen molar-refractivity contribution in [1.82, 2.24) is 25.1 Å². The SMILES string of the molecule is O[C@@H]1CCCN(c2cccc(-c3n[nH]c4cnc(-c5cccnc5)cc34)n2)C1. The summed E-state index contributed by atoms with van der Waals surface area (Å²) in [4.78, 5) is 15.7. The molecule has 1 aliphatic heterocycles. The van der Waals surface area contributed by atoms with Gasteiger partial charge >= 0.3 is 0 Å². The minimum absolute atomic E-state index is 0.293. The molecule has 1 atom stereocenters. The van der Waals surface area contributed by atoms with E-state index in [4.69, 9.17) is 4.98 Å². The number of H-pyrrole nitrogens is 1. The number of anilines is 1. The largest absolute Gasteiger partial charge is 0.391 e. The minimum Gasteiger partial charge on any atom is -0.391 e. The number of piperidine rings is 1. The van der Waals surface area contributed by atoms with Crippen molar-refractivity contribution in [2.45, 2.75) is 18.9 Å². The van der Waals surface area contributed by atoms with Crippen LogP contribution in [0.4, 0.5) is 5.82 Å². The van der Waals surface area contributed by atoms with E-state index in [9.17, 15) is 5.11 Å². The Kier molecular flexibility index (Phi) is 4.21. The van der Waals surface area contributed by atoms with Crippen LogP contribution in [0.1, 0.15) is 12.8 Å². The summed E-state index contributed by atoms with van der Waals surface area (Å²) in [6.07, 6.45) is 6.87. The van der Waals surface area contributed by atoms with E-state index in [1.165, 1.54) is 0 Å². The lowest BCUT2D eigenvalue weighted by Gasteiger charge is -2.31. The first-order valence-electron chi connectivity index (χ1n) is 9.43. The van der Waals surface area contributed by atoms with Gasteiger partial charge in [0.25, 0.3) is 0 Å². The predicted molar refractivity (Wildman–Crippen MR) is 108 cm³/mol. The Balaban J connectivity index is 1.55. The zero-order chi connectivity index (χ0) is 18.9. The molecule has 4 aromatic rings. The van der Waals surface area contributed by atoms with Crippen LogP contribution in [0.5, 0.6) is 0 Å². The van der Waals surface area contributed by atoms with E-state index in [2.05, 4.69) is 25.1 Å². The van der Waals surface area contributed by atoms with Crippen molar-refractivity contribution in [3.8, 4) is 22.6 Å². The monoisotopic (exact) mass is 372 g/mol. The van der Waals surface area contributed by atoms with E-state index in [1.807, 2.05) is 36.4 Å². The van der Waals surface area contributed by atoms with Crippen LogP contribution >= 0.6 is 0 Å². The van der Waals surface area contributed by atoms with Gasteiger partial charge in [0.2, 0.25) is 0 Å². The standard InChI is InChI=1S/C21H20N6O/c28-15-5-3-9-27(13-15)20-7-1-6-17(24-20)21-16-10-18(14-4-2-8-22-11-14)23-12-19(16)25-26-21/h1-2,4,6-8,10-12,15,28H,3,5,9,13H2,(H,25,26)/t15-/m1/s1. The number of pyridine rings is 3. The number of nitrogens with one attached hydrogen (secondary N) is 1. The molecule has 1 aliphatic rings. The van der Waals surface area contributed by atoms with Gasteiger partial charge in [0.05, 0.1) is 29.2 Å². The quantitative estimate of drug-likeness (QED) is 0.574. The second-order valence-corrected chi connectivity index (χ2v) is 7.05. The van der Waals surface area contributed by atoms with Crippen LogP contribution < -0.4 is 4.90 Å². The molecule has 5 heterocycles. The van der Waals surface area contributed by atoms with Gasteiger partial charge in [-0.25, -0.2) is 4.98 Å². The maximum atomic E-state index is 9.98. The summed E-state index contributed by atoms with van der Waals surface area (Å²) in [6, 6.07) is 11.8. The van der Waals surface area contributed by atoms with Gasteiger partial charge in [0.15, 0.2) is 0 Å². The van der Waals surface area contributed by atoms with E-state index in [0.29, 0.717) is 6.54 Å². The van der Waals surface area contributed by atoms with Gasteiger partial charge in [-0.3, -0.25) is 15.1 Å². The zero-order valence-corrected chi connectivity index (χ0v) is 15.3. The first kappa shape index (κ1) is 16.8. The number of nitrogens with zero attached hydrogens (tertiary/aromatic N) is 5. The number of aliphatic hydroxyl groups excluding tert-OH is 1. The first-order valence-corrected chi connectivity index (χ1v) is 9.43. The molecule has 4 aromatic heterocycles. The van der Waals surface area contributed by atoms with E-state index >= 15 is 0 Å². The molecule has 0 bridgehead atoms. The summed E-state index contributed by atoms with van der Waals surface area (Å²) in [5.41, 5.74) is 4.26. The van der Waals surface area contributed by atoms with Crippen molar-refractivity contribution in [3.05, 3.63) is 55.0 Å². The van der Waals surface area contributed by atoms with Gasteiger partial charge in [0.1, 0.15) is 11.5 Å². The summed E-state index contributed by atoms with van der Waals surface area (Å²) < 4.78 is 0. The lowest BCUT2D eigenvalue weighted by molar-refractivity contribution is 0.154. The van der Waals surface area contributed by atoms with Crippen LogP contribution in [0.25, 0.3) is 33.5 Å². The second-order valence-electron chi connectivity index (χ2n) is 7.05. The van der Waals surface area contributed by atoms with Crippen molar-refractivity contribution in [2.75, 3.05) is 18.0 Å². The Hall–Kier alpha value is -3.32. The Morgan fingerprint density at radius 1 is 1.11 bits per heavy atom. The molecule has 2 N–H and O–H groups in total. The number of rotatable bonds is 3. The van der Waals surface area contributed by atoms with Crippen molar-refractivity contribution < 1.29 is 5.11 Å². The minimum atomic E-state index is -0.293. The molecule has 0 spiro atoms. The first-order chi connectivity index (χ1) is 13.8. The van der Waals surface area contributed by atoms with Crippen LogP contribution in [-0.2, 0) is 0 Å². The molecule has 0 saturated carbocycles. The van der Waals surface area contributed by atoms with E-state index in [-0.39, 0.29) is 6.10 Å². The molecule has 0 amide bonds. The van der Waals surface area contributed by atoms with E-state index in [1.54, 1.807) is 18.6 Å². The molecule has 1 saturated heterocycles. The lowest BCUT2D eigenvalue weighted by atomic mass is 10.1. The average molecular weight is 372 g/mol. The highest BCUT2D eigenvalue weighted by atomic mass is 16.3. The Morgan fingerprint density at radius 3 is 2.93 bits per heavy atom. The molecule has 1 fully saturated rings. The van der Waals surface area contributed by atoms with Crippen LogP contribution in [0, 0.1) is 0 Å². The molecular weight excluding hydrogens is 352 g/mol. The second kappa shape index (κ2) is 7.01. The normalized spacial score (nSPS) is 17.2. The van der Waals surface area contributed by atoms with Gasteiger partial charge in [-0.1, -0.05) is 6.07 Å². The maximum absolute atomic E-state index is 9.98. The number of aromatic amines is 1. The maximum Gasteiger partial charge on any atom is 0.129 e. The zero-order valence-electron chi connectivity index (χ0n) is 15.3. The molecule has 140 valence electrons. The fourth-order valence-corrected chi connectivity index (χ4v) is 3.68. The molecule has 0 aromatic carbocycles. The summed E-state index contributed by atoms with van der Waals surface area (Å²) in [6.45, 7) is 1.52. The molecular formula is C21H20N6O. The van der Waals surface area contributed by atoms with Crippen molar-refractivity contribution in [2.24, 2.45) is 0 Å². The van der Waals surface area contributed by atoms with E-state index in [0.717, 1.165) is 58.8 Å². The fourth-order valence-electron chi connectivity index (χ4n) is 3.68. The summed E-state index contributed by atoms with van der Waals surface area (Å²) in [5.74, 6) is 0.869. The number of hydrogen-bond acceptors (Lipinski definition) is 6. The fraction of sp³-hybridized carbons (Fsp3) is 0.238. The molecule has 7 heteroatoms. The molecule has 5 rings (SSSR count). The predicted octanol–water partition coefficient (Wildman–Crippen LogP) is 3.04. The Labute approximate surface area is 162 Å². The van der Waals surface area contributed by atoms with E-state index < -0.39 is 0 Å². The molecule has 7 nitrogen and oxygen atoms in total. The third-order valence-corrected chi connectivity index (χ3v) is 5.10. The number of fused-ring (bicyclic) bond motifs is 1. The van der Waals surface area contributed by atoms with Crippen molar-refractivity contribution in [3.63, 3.8) is 0 Å². The number of aliphatic hydroxyl groups is 1. The highest BCUT2D eigenvalue weighted by Crippen LogP contribution is 2.29.